The number of carbonyl (C=O) groups is 1. The molecule has 2 aromatic rings. The molecule has 0 aromatic heterocycles. The van der Waals surface area contributed by atoms with Crippen molar-refractivity contribution in [3.8, 4) is 17.2 Å². The maximum atomic E-state index is 12.5. The summed E-state index contributed by atoms with van der Waals surface area (Å²) < 4.78 is 16.0. The van der Waals surface area contributed by atoms with Gasteiger partial charge in [0.25, 0.3) is 5.91 Å². The average Bonchev–Trinajstić information content (AvgIpc) is 2.61. The number of methoxy groups -OCH3 is 2. The van der Waals surface area contributed by atoms with Gasteiger partial charge in [-0.25, -0.2) is 0 Å². The molecule has 5 nitrogen and oxygen atoms in total. The summed E-state index contributed by atoms with van der Waals surface area (Å²) in [4.78, 5) is 12.5. The van der Waals surface area contributed by atoms with Crippen LogP contribution in [0.25, 0.3) is 6.08 Å². The predicted octanol–water partition coefficient (Wildman–Crippen LogP) is 3.12. The number of benzene rings is 2. The third-order valence-electron chi connectivity index (χ3n) is 3.58. The molecule has 1 aliphatic rings. The highest BCUT2D eigenvalue weighted by atomic mass is 16.5. The Morgan fingerprint density at radius 1 is 1.13 bits per heavy atom. The quantitative estimate of drug-likeness (QED) is 0.942. The second-order valence-corrected chi connectivity index (χ2v) is 5.02. The first-order valence-corrected chi connectivity index (χ1v) is 7.17. The van der Waals surface area contributed by atoms with Crippen LogP contribution in [-0.2, 0) is 4.79 Å². The molecule has 0 saturated heterocycles. The summed E-state index contributed by atoms with van der Waals surface area (Å²) in [6.07, 6.45) is 1.84. The van der Waals surface area contributed by atoms with Gasteiger partial charge < -0.3 is 19.5 Å². The van der Waals surface area contributed by atoms with Gasteiger partial charge in [-0.05, 0) is 24.3 Å². The lowest BCUT2D eigenvalue weighted by Gasteiger charge is -2.18. The van der Waals surface area contributed by atoms with Gasteiger partial charge in [0.15, 0.2) is 0 Å². The molecule has 0 spiro atoms. The Labute approximate surface area is 134 Å². The van der Waals surface area contributed by atoms with E-state index in [0.29, 0.717) is 22.8 Å². The van der Waals surface area contributed by atoms with E-state index in [1.54, 1.807) is 32.4 Å². The number of rotatable bonds is 4. The first-order valence-electron chi connectivity index (χ1n) is 7.17. The maximum absolute atomic E-state index is 12.5. The zero-order valence-electron chi connectivity index (χ0n) is 13.0. The van der Waals surface area contributed by atoms with Gasteiger partial charge in [0, 0.05) is 11.6 Å². The highest BCUT2D eigenvalue weighted by molar-refractivity contribution is 6.08. The molecule has 0 radical (unpaired) electrons. The normalized spacial score (nSPS) is 12.5. The molecule has 0 aliphatic carbocycles. The second kappa shape index (κ2) is 6.44. The Balaban J connectivity index is 1.82. The van der Waals surface area contributed by atoms with Gasteiger partial charge in [-0.1, -0.05) is 18.2 Å². The van der Waals surface area contributed by atoms with Crippen LogP contribution in [0.5, 0.6) is 17.2 Å². The van der Waals surface area contributed by atoms with E-state index in [4.69, 9.17) is 14.2 Å². The van der Waals surface area contributed by atoms with E-state index >= 15 is 0 Å². The summed E-state index contributed by atoms with van der Waals surface area (Å²) >= 11 is 0. The molecule has 0 fully saturated rings. The minimum atomic E-state index is -0.219. The Morgan fingerprint density at radius 2 is 1.96 bits per heavy atom. The lowest BCUT2D eigenvalue weighted by molar-refractivity contribution is -0.113. The summed E-state index contributed by atoms with van der Waals surface area (Å²) in [5.41, 5.74) is 2.03. The number of amides is 1. The molecule has 1 amide bonds. The zero-order valence-corrected chi connectivity index (χ0v) is 13.0. The van der Waals surface area contributed by atoms with Crippen LogP contribution >= 0.6 is 0 Å². The predicted molar refractivity (Wildman–Crippen MR) is 88.1 cm³/mol. The number of hydrogen-bond donors (Lipinski definition) is 1. The van der Waals surface area contributed by atoms with Crippen LogP contribution in [0.15, 0.2) is 48.0 Å². The highest BCUT2D eigenvalue weighted by Gasteiger charge is 2.18. The number of fused-ring (bicyclic) bond motifs is 1. The van der Waals surface area contributed by atoms with E-state index in [2.05, 4.69) is 5.32 Å². The molecule has 23 heavy (non-hydrogen) atoms. The standard InChI is InChI=1S/C18H17NO4/c1-21-14-7-8-15(17(10-14)22-2)19-18(20)13-9-12-5-3-4-6-16(12)23-11-13/h3-10H,11H2,1-2H3,(H,19,20). The van der Waals surface area contributed by atoms with Gasteiger partial charge in [0.1, 0.15) is 23.9 Å². The van der Waals surface area contributed by atoms with E-state index in [1.807, 2.05) is 30.3 Å². The smallest absolute Gasteiger partial charge is 0.255 e. The summed E-state index contributed by atoms with van der Waals surface area (Å²) in [6, 6.07) is 12.8. The maximum Gasteiger partial charge on any atom is 0.255 e. The van der Waals surface area contributed by atoms with Crippen molar-refractivity contribution in [2.75, 3.05) is 26.1 Å². The summed E-state index contributed by atoms with van der Waals surface area (Å²) in [6.45, 7) is 0.237. The van der Waals surface area contributed by atoms with Gasteiger partial charge in [-0.3, -0.25) is 4.79 Å². The minimum Gasteiger partial charge on any atom is -0.497 e. The van der Waals surface area contributed by atoms with Crippen LogP contribution in [0.3, 0.4) is 0 Å². The fourth-order valence-electron chi connectivity index (χ4n) is 2.35. The molecule has 1 N–H and O–H groups in total. The van der Waals surface area contributed by atoms with Crippen LogP contribution in [0.2, 0.25) is 0 Å². The second-order valence-electron chi connectivity index (χ2n) is 5.02. The number of hydrogen-bond acceptors (Lipinski definition) is 4. The Bertz CT molecular complexity index is 767. The van der Waals surface area contributed by atoms with E-state index in [9.17, 15) is 4.79 Å². The van der Waals surface area contributed by atoms with Gasteiger partial charge in [0.2, 0.25) is 0 Å². The van der Waals surface area contributed by atoms with Gasteiger partial charge in [0.05, 0.1) is 25.5 Å². The average molecular weight is 311 g/mol. The largest absolute Gasteiger partial charge is 0.497 e. The van der Waals surface area contributed by atoms with Crippen molar-refractivity contribution in [1.29, 1.82) is 0 Å². The first kappa shape index (κ1) is 15.0. The van der Waals surface area contributed by atoms with Crippen molar-refractivity contribution >= 4 is 17.7 Å². The van der Waals surface area contributed by atoms with Crippen molar-refractivity contribution in [1.82, 2.24) is 0 Å². The van der Waals surface area contributed by atoms with E-state index in [0.717, 1.165) is 11.3 Å². The fraction of sp³-hybridized carbons (Fsp3) is 0.167. The van der Waals surface area contributed by atoms with Crippen molar-refractivity contribution in [2.45, 2.75) is 0 Å². The molecule has 2 aromatic carbocycles. The third-order valence-corrected chi connectivity index (χ3v) is 3.58. The number of anilines is 1. The van der Waals surface area contributed by atoms with Gasteiger partial charge in [-0.15, -0.1) is 0 Å². The number of para-hydroxylation sites is 1. The SMILES string of the molecule is COc1ccc(NC(=O)C2=Cc3ccccc3OC2)c(OC)c1. The van der Waals surface area contributed by atoms with Crippen molar-refractivity contribution in [3.63, 3.8) is 0 Å². The fourth-order valence-corrected chi connectivity index (χ4v) is 2.35. The molecule has 0 atom stereocenters. The van der Waals surface area contributed by atoms with Gasteiger partial charge >= 0.3 is 0 Å². The molecule has 3 rings (SSSR count). The Hall–Kier alpha value is -2.95. The molecule has 0 unspecified atom stereocenters. The monoisotopic (exact) mass is 311 g/mol. The highest BCUT2D eigenvalue weighted by Crippen LogP contribution is 2.30. The van der Waals surface area contributed by atoms with Crippen LogP contribution in [0.1, 0.15) is 5.56 Å². The van der Waals surface area contributed by atoms with E-state index in [-0.39, 0.29) is 12.5 Å². The van der Waals surface area contributed by atoms with Crippen LogP contribution in [0, 0.1) is 0 Å². The van der Waals surface area contributed by atoms with E-state index in [1.165, 1.54) is 0 Å². The minimum absolute atomic E-state index is 0.219. The van der Waals surface area contributed by atoms with Gasteiger partial charge in [-0.2, -0.15) is 0 Å². The molecular weight excluding hydrogens is 294 g/mol. The zero-order chi connectivity index (χ0) is 16.2. The summed E-state index contributed by atoms with van der Waals surface area (Å²) in [5, 5.41) is 2.85. The van der Waals surface area contributed by atoms with Crippen LogP contribution in [-0.4, -0.2) is 26.7 Å². The van der Waals surface area contributed by atoms with E-state index < -0.39 is 0 Å². The molecule has 5 heteroatoms. The topological polar surface area (TPSA) is 56.8 Å². The number of nitrogens with one attached hydrogen (secondary N) is 1. The molecule has 1 aliphatic heterocycles. The molecule has 0 saturated carbocycles. The van der Waals surface area contributed by atoms with Crippen molar-refractivity contribution in [2.24, 2.45) is 0 Å². The summed E-state index contributed by atoms with van der Waals surface area (Å²) in [7, 11) is 3.12. The molecular formula is C18H17NO4. The van der Waals surface area contributed by atoms with Crippen molar-refractivity contribution < 1.29 is 19.0 Å². The molecule has 0 bridgehead atoms. The van der Waals surface area contributed by atoms with Crippen LogP contribution < -0.4 is 19.5 Å². The third kappa shape index (κ3) is 3.13. The van der Waals surface area contributed by atoms with Crippen LogP contribution in [0.4, 0.5) is 5.69 Å². The Morgan fingerprint density at radius 3 is 2.74 bits per heavy atom. The summed E-state index contributed by atoms with van der Waals surface area (Å²) in [5.74, 6) is 1.76. The number of ether oxygens (including phenoxy) is 3. The number of carbonyl (C=O) groups excluding carboxylic acids is 1. The molecule has 1 heterocycles. The lowest BCUT2D eigenvalue weighted by atomic mass is 10.1. The van der Waals surface area contributed by atoms with Crippen molar-refractivity contribution in [3.05, 3.63) is 53.6 Å². The molecule has 118 valence electrons. The first-order chi connectivity index (χ1) is 11.2. The lowest BCUT2D eigenvalue weighted by Crippen LogP contribution is -2.21. The Kier molecular flexibility index (Phi) is 4.19.